The quantitative estimate of drug-likeness (QED) is 0.836. The molecule has 0 unspecified atom stereocenters. The number of nitrogens with zero attached hydrogens (tertiary/aromatic N) is 1. The summed E-state index contributed by atoms with van der Waals surface area (Å²) in [6.07, 6.45) is -0.0536. The third-order valence-electron chi connectivity index (χ3n) is 4.52. The summed E-state index contributed by atoms with van der Waals surface area (Å²) in [7, 11) is 0. The summed E-state index contributed by atoms with van der Waals surface area (Å²) >= 11 is 0. The lowest BCUT2D eigenvalue weighted by molar-refractivity contribution is -0.120. The van der Waals surface area contributed by atoms with Gasteiger partial charge < -0.3 is 10.1 Å². The van der Waals surface area contributed by atoms with Crippen molar-refractivity contribution in [3.05, 3.63) is 58.8 Å². The van der Waals surface area contributed by atoms with Gasteiger partial charge in [0, 0.05) is 24.2 Å². The van der Waals surface area contributed by atoms with Crippen molar-refractivity contribution in [2.75, 3.05) is 11.9 Å². The molecule has 0 spiro atoms. The topological polar surface area (TPSA) is 60.3 Å². The van der Waals surface area contributed by atoms with Crippen LogP contribution in [0.5, 0.6) is 0 Å². The second kappa shape index (κ2) is 8.39. The highest BCUT2D eigenvalue weighted by Crippen LogP contribution is 2.29. The van der Waals surface area contributed by atoms with Crippen molar-refractivity contribution in [2.45, 2.75) is 31.8 Å². The van der Waals surface area contributed by atoms with Crippen molar-refractivity contribution in [1.82, 2.24) is 4.57 Å². The molecule has 0 aliphatic heterocycles. The van der Waals surface area contributed by atoms with Crippen LogP contribution in [0.1, 0.15) is 19.3 Å². The molecule has 3 rings (SSSR count). The van der Waals surface area contributed by atoms with Crippen LogP contribution >= 0.6 is 0 Å². The molecule has 1 aromatic heterocycles. The Morgan fingerprint density at radius 2 is 2.07 bits per heavy atom. The normalized spacial score (nSPS) is 19.4. The fourth-order valence-corrected chi connectivity index (χ4v) is 3.17. The number of benzene rings is 1. The number of rotatable bonds is 6. The van der Waals surface area contributed by atoms with E-state index < -0.39 is 24.8 Å². The molecule has 1 aliphatic rings. The maximum absolute atomic E-state index is 14.4. The molecule has 2 atom stereocenters. The van der Waals surface area contributed by atoms with Crippen LogP contribution in [0, 0.1) is 11.7 Å². The summed E-state index contributed by atoms with van der Waals surface area (Å²) in [5, 5.41) is 2.53. The molecule has 0 saturated heterocycles. The third-order valence-corrected chi connectivity index (χ3v) is 4.52. The van der Waals surface area contributed by atoms with Crippen LogP contribution in [0.15, 0.2) is 47.4 Å². The van der Waals surface area contributed by atoms with E-state index in [9.17, 15) is 22.8 Å². The molecule has 1 saturated carbocycles. The first kappa shape index (κ1) is 19.2. The second-order valence-corrected chi connectivity index (χ2v) is 6.42. The molecule has 1 heterocycles. The third kappa shape index (κ3) is 4.77. The molecule has 1 aliphatic carbocycles. The van der Waals surface area contributed by atoms with Gasteiger partial charge in [-0.2, -0.15) is 0 Å². The maximum atomic E-state index is 14.4. The Kier molecular flexibility index (Phi) is 5.95. The standard InChI is InChI=1S/C19H19F3N2O3/c20-15-10-13(24-8-2-1-3-18(24)25)5-7-16(15)23-19(26)12-4-6-14(9-12)27-11-17(21)22/h1-3,5,7-8,10,12,14,17H,4,6,9,11H2,(H,23,26)/t12-,14-/m1/s1. The first-order valence-corrected chi connectivity index (χ1v) is 8.62. The van der Waals surface area contributed by atoms with E-state index in [1.54, 1.807) is 12.1 Å². The van der Waals surface area contributed by atoms with Crippen LogP contribution in [0.2, 0.25) is 0 Å². The average Bonchev–Trinajstić information content (AvgIpc) is 3.11. The molecule has 0 bridgehead atoms. The van der Waals surface area contributed by atoms with E-state index >= 15 is 0 Å². The number of hydrogen-bond donors (Lipinski definition) is 1. The van der Waals surface area contributed by atoms with Crippen molar-refractivity contribution >= 4 is 11.6 Å². The molecule has 5 nitrogen and oxygen atoms in total. The van der Waals surface area contributed by atoms with Crippen molar-refractivity contribution < 1.29 is 22.7 Å². The van der Waals surface area contributed by atoms with Crippen LogP contribution in [-0.4, -0.2) is 29.6 Å². The molecule has 0 radical (unpaired) electrons. The zero-order valence-corrected chi connectivity index (χ0v) is 14.4. The molecule has 1 N–H and O–H groups in total. The summed E-state index contributed by atoms with van der Waals surface area (Å²) in [6, 6.07) is 8.69. The Morgan fingerprint density at radius 3 is 2.78 bits per heavy atom. The zero-order chi connectivity index (χ0) is 19.4. The van der Waals surface area contributed by atoms with Crippen molar-refractivity contribution in [3.63, 3.8) is 0 Å². The monoisotopic (exact) mass is 380 g/mol. The zero-order valence-electron chi connectivity index (χ0n) is 14.4. The summed E-state index contributed by atoms with van der Waals surface area (Å²) in [4.78, 5) is 24.1. The summed E-state index contributed by atoms with van der Waals surface area (Å²) in [6.45, 7) is -0.645. The van der Waals surface area contributed by atoms with Crippen LogP contribution < -0.4 is 10.9 Å². The van der Waals surface area contributed by atoms with E-state index in [0.29, 0.717) is 24.9 Å². The van der Waals surface area contributed by atoms with Crippen molar-refractivity contribution in [1.29, 1.82) is 0 Å². The molecule has 1 fully saturated rings. The Hall–Kier alpha value is -2.61. The number of hydrogen-bond acceptors (Lipinski definition) is 3. The Morgan fingerprint density at radius 1 is 1.26 bits per heavy atom. The van der Waals surface area contributed by atoms with Gasteiger partial charge in [-0.15, -0.1) is 0 Å². The lowest BCUT2D eigenvalue weighted by Crippen LogP contribution is -2.23. The number of aromatic nitrogens is 1. The van der Waals surface area contributed by atoms with Gasteiger partial charge in [0.25, 0.3) is 12.0 Å². The van der Waals surface area contributed by atoms with Gasteiger partial charge in [-0.1, -0.05) is 6.07 Å². The number of ether oxygens (including phenoxy) is 1. The average molecular weight is 380 g/mol. The highest BCUT2D eigenvalue weighted by atomic mass is 19.3. The SMILES string of the molecule is O=C(Nc1ccc(-n2ccccc2=O)cc1F)[C@@H]1CC[C@@H](OCC(F)F)C1. The molecule has 1 aromatic carbocycles. The summed E-state index contributed by atoms with van der Waals surface area (Å²) in [5.41, 5.74) is 0.0524. The van der Waals surface area contributed by atoms with E-state index in [1.165, 1.54) is 35.0 Å². The number of carbonyl (C=O) groups is 1. The van der Waals surface area contributed by atoms with Crippen LogP contribution in [0.25, 0.3) is 5.69 Å². The number of alkyl halides is 2. The smallest absolute Gasteiger partial charge is 0.261 e. The minimum absolute atomic E-state index is 0.00433. The van der Waals surface area contributed by atoms with Gasteiger partial charge in [0.2, 0.25) is 5.91 Å². The summed E-state index contributed by atoms with van der Waals surface area (Å²) in [5.74, 6) is -1.45. The first-order valence-electron chi connectivity index (χ1n) is 8.62. The molecule has 144 valence electrons. The Balaban J connectivity index is 1.63. The molecule has 27 heavy (non-hydrogen) atoms. The number of halogens is 3. The predicted molar refractivity (Wildman–Crippen MR) is 93.7 cm³/mol. The lowest BCUT2D eigenvalue weighted by Gasteiger charge is -2.14. The van der Waals surface area contributed by atoms with Crippen molar-refractivity contribution in [3.8, 4) is 5.69 Å². The minimum Gasteiger partial charge on any atom is -0.372 e. The molecular formula is C19H19F3N2O3. The van der Waals surface area contributed by atoms with Gasteiger partial charge in [-0.3, -0.25) is 14.2 Å². The maximum Gasteiger partial charge on any atom is 0.261 e. The van der Waals surface area contributed by atoms with Gasteiger partial charge in [-0.05, 0) is 37.5 Å². The second-order valence-electron chi connectivity index (χ2n) is 6.42. The number of carbonyl (C=O) groups excluding carboxylic acids is 1. The number of pyridine rings is 1. The predicted octanol–water partition coefficient (Wildman–Crippen LogP) is 3.37. The van der Waals surface area contributed by atoms with Gasteiger partial charge in [0.15, 0.2) is 0 Å². The summed E-state index contributed by atoms with van der Waals surface area (Å²) < 4.78 is 45.1. The Bertz CT molecular complexity index is 869. The van der Waals surface area contributed by atoms with Gasteiger partial charge in [0.1, 0.15) is 12.4 Å². The fourth-order valence-electron chi connectivity index (χ4n) is 3.17. The largest absolute Gasteiger partial charge is 0.372 e. The molecule has 8 heteroatoms. The van der Waals surface area contributed by atoms with E-state index in [-0.39, 0.29) is 23.3 Å². The van der Waals surface area contributed by atoms with Gasteiger partial charge in [-0.25, -0.2) is 13.2 Å². The van der Waals surface area contributed by atoms with Crippen LogP contribution in [0.4, 0.5) is 18.9 Å². The van der Waals surface area contributed by atoms with E-state index in [2.05, 4.69) is 5.32 Å². The minimum atomic E-state index is -2.54. The molecule has 2 aromatic rings. The highest BCUT2D eigenvalue weighted by molar-refractivity contribution is 5.93. The first-order chi connectivity index (χ1) is 12.9. The number of nitrogens with one attached hydrogen (secondary N) is 1. The fraction of sp³-hybridized carbons (Fsp3) is 0.368. The van der Waals surface area contributed by atoms with Gasteiger partial charge in [0.05, 0.1) is 17.5 Å². The van der Waals surface area contributed by atoms with E-state index in [4.69, 9.17) is 4.74 Å². The van der Waals surface area contributed by atoms with E-state index in [0.717, 1.165) is 0 Å². The Labute approximate surface area is 153 Å². The van der Waals surface area contributed by atoms with Crippen LogP contribution in [-0.2, 0) is 9.53 Å². The number of amides is 1. The van der Waals surface area contributed by atoms with Gasteiger partial charge >= 0.3 is 0 Å². The lowest BCUT2D eigenvalue weighted by atomic mass is 10.1. The number of anilines is 1. The molecular weight excluding hydrogens is 361 g/mol. The van der Waals surface area contributed by atoms with Crippen molar-refractivity contribution in [2.24, 2.45) is 5.92 Å². The van der Waals surface area contributed by atoms with Crippen LogP contribution in [0.3, 0.4) is 0 Å². The van der Waals surface area contributed by atoms with E-state index in [1.807, 2.05) is 0 Å². The highest BCUT2D eigenvalue weighted by Gasteiger charge is 2.31. The molecule has 1 amide bonds.